The summed E-state index contributed by atoms with van der Waals surface area (Å²) in [4.78, 5) is 100. The van der Waals surface area contributed by atoms with Crippen molar-refractivity contribution in [1.82, 2.24) is 0 Å². The molecule has 0 saturated heterocycles. The van der Waals surface area contributed by atoms with E-state index in [1.54, 1.807) is 6.92 Å². The van der Waals surface area contributed by atoms with Crippen LogP contribution in [0.3, 0.4) is 0 Å². The lowest BCUT2D eigenvalue weighted by Gasteiger charge is -2.44. The summed E-state index contributed by atoms with van der Waals surface area (Å²) in [6.07, 6.45) is -11.7. The molecule has 0 fully saturated rings. The average Bonchev–Trinajstić information content (AvgIpc) is 3.19. The van der Waals surface area contributed by atoms with Crippen molar-refractivity contribution in [3.63, 3.8) is 0 Å². The predicted octanol–water partition coefficient (Wildman–Crippen LogP) is 3.04. The Kier molecular flexibility index (Phi) is 19.1. The molecule has 18 heteroatoms. The molecule has 2 rings (SSSR count). The summed E-state index contributed by atoms with van der Waals surface area (Å²) < 4.78 is 46.9. The van der Waals surface area contributed by atoms with Gasteiger partial charge in [-0.2, -0.15) is 0 Å². The Morgan fingerprint density at radius 1 is 0.417 bits per heavy atom. The first-order valence-electron chi connectivity index (χ1n) is 19.4. The van der Waals surface area contributed by atoms with E-state index in [9.17, 15) is 38.4 Å². The summed E-state index contributed by atoms with van der Waals surface area (Å²) in [5.74, 6) is -8.46. The fraction of sp³-hybridized carbons (Fsp3) is 0.524. The van der Waals surface area contributed by atoms with Gasteiger partial charge in [-0.3, -0.25) is 0 Å². The van der Waals surface area contributed by atoms with Crippen molar-refractivity contribution in [2.45, 2.75) is 137 Å². The summed E-state index contributed by atoms with van der Waals surface area (Å²) in [5, 5.41) is 1.42. The molecule has 2 aromatic rings. The maximum Gasteiger partial charge on any atom is 0.347 e. The summed E-state index contributed by atoms with van der Waals surface area (Å²) in [6, 6.07) is 19.2. The van der Waals surface area contributed by atoms with Gasteiger partial charge in [0.05, 0.1) is 6.61 Å². The van der Waals surface area contributed by atoms with Gasteiger partial charge >= 0.3 is 47.8 Å². The normalized spacial score (nSPS) is 15.5. The third-order valence-electron chi connectivity index (χ3n) is 8.76. The van der Waals surface area contributed by atoms with E-state index in [0.29, 0.717) is 0 Å². The van der Waals surface area contributed by atoms with Gasteiger partial charge < -0.3 is 42.3 Å². The maximum atomic E-state index is 13.4. The zero-order chi connectivity index (χ0) is 45.5. The fourth-order valence-corrected chi connectivity index (χ4v) is 10.1. The maximum absolute atomic E-state index is 13.4. The second kappa shape index (κ2) is 22.7. The highest BCUT2D eigenvalue weighted by Crippen LogP contribution is 2.37. The lowest BCUT2D eigenvalue weighted by atomic mass is 10.2. The zero-order valence-corrected chi connectivity index (χ0v) is 37.0. The third-order valence-corrected chi connectivity index (χ3v) is 13.9. The van der Waals surface area contributed by atoms with Crippen LogP contribution in [0.5, 0.6) is 0 Å². The molecule has 0 aromatic heterocycles. The fourth-order valence-electron chi connectivity index (χ4n) is 5.49. The van der Waals surface area contributed by atoms with E-state index in [2.05, 4.69) is 0 Å². The topological polar surface area (TPSA) is 220 Å². The van der Waals surface area contributed by atoms with Crippen molar-refractivity contribution in [2.75, 3.05) is 6.61 Å². The summed E-state index contributed by atoms with van der Waals surface area (Å²) in [7, 11) is -3.15. The molecule has 0 radical (unpaired) electrons. The van der Waals surface area contributed by atoms with Gasteiger partial charge in [0, 0.05) is 0 Å². The number of hydrogen-bond acceptors (Lipinski definition) is 17. The molecule has 0 bridgehead atoms. The van der Waals surface area contributed by atoms with Gasteiger partial charge in [0.25, 0.3) is 8.32 Å². The van der Waals surface area contributed by atoms with Crippen molar-refractivity contribution in [3.8, 4) is 0 Å². The first-order valence-corrected chi connectivity index (χ1v) is 21.3. The second-order valence-electron chi connectivity index (χ2n) is 14.7. The number of ether oxygens (including phenoxy) is 8. The van der Waals surface area contributed by atoms with E-state index in [4.69, 9.17) is 42.3 Å². The molecule has 0 aliphatic rings. The van der Waals surface area contributed by atoms with Gasteiger partial charge in [-0.15, -0.1) is 0 Å². The third kappa shape index (κ3) is 14.0. The van der Waals surface area contributed by atoms with Crippen LogP contribution in [0.2, 0.25) is 5.04 Å². The van der Waals surface area contributed by atoms with Crippen molar-refractivity contribution < 1.29 is 80.7 Å². The molecule has 0 unspecified atom stereocenters. The molecule has 0 aliphatic carbocycles. The number of rotatable bonds is 20. The molecular weight excluding hydrogens is 805 g/mol. The van der Waals surface area contributed by atoms with Crippen LogP contribution in [0.4, 0.5) is 0 Å². The Balaban J connectivity index is 1.92. The van der Waals surface area contributed by atoms with E-state index in [0.717, 1.165) is 31.1 Å². The molecule has 0 saturated carbocycles. The molecule has 330 valence electrons. The quantitative estimate of drug-likeness (QED) is 0.106. The molecule has 0 aliphatic heterocycles. The van der Waals surface area contributed by atoms with Gasteiger partial charge in [-0.1, -0.05) is 81.4 Å². The van der Waals surface area contributed by atoms with Gasteiger partial charge in [0.15, 0.2) is 42.7 Å². The minimum Gasteiger partial charge on any atom is -0.463 e. The summed E-state index contributed by atoms with van der Waals surface area (Å²) in [6.45, 7) is 17.6. The van der Waals surface area contributed by atoms with E-state index >= 15 is 0 Å². The van der Waals surface area contributed by atoms with E-state index < -0.39 is 110 Å². The van der Waals surface area contributed by atoms with Crippen LogP contribution in [0.25, 0.3) is 0 Å². The molecule has 8 atom stereocenters. The second-order valence-corrected chi connectivity index (χ2v) is 19.0. The first-order chi connectivity index (χ1) is 28.0. The average molecular weight is 861 g/mol. The Bertz CT molecular complexity index is 1770. The first kappa shape index (κ1) is 50.5. The van der Waals surface area contributed by atoms with Crippen LogP contribution in [0.15, 0.2) is 60.7 Å². The number of esters is 8. The van der Waals surface area contributed by atoms with Crippen LogP contribution in [0, 0.1) is 0 Å². The van der Waals surface area contributed by atoms with Crippen molar-refractivity contribution in [3.05, 3.63) is 60.7 Å². The van der Waals surface area contributed by atoms with E-state index in [-0.39, 0.29) is 6.61 Å². The molecule has 0 N–H and O–H groups in total. The Morgan fingerprint density at radius 3 is 0.883 bits per heavy atom. The van der Waals surface area contributed by atoms with Gasteiger partial charge in [-0.25, -0.2) is 38.4 Å². The lowest BCUT2D eigenvalue weighted by Crippen LogP contribution is -2.68. The van der Waals surface area contributed by atoms with Crippen LogP contribution in [0.1, 0.15) is 83.1 Å². The summed E-state index contributed by atoms with van der Waals surface area (Å²) in [5.41, 5.74) is 0. The Labute approximate surface area is 350 Å². The predicted molar refractivity (Wildman–Crippen MR) is 214 cm³/mol. The number of carbonyl (C=O) groups excluding carboxylic acids is 8. The number of hydrogen-bond donors (Lipinski definition) is 0. The highest BCUT2D eigenvalue weighted by Gasteiger charge is 2.52. The molecule has 60 heavy (non-hydrogen) atoms. The monoisotopic (exact) mass is 860 g/mol. The molecule has 0 amide bonds. The standard InChI is InChI=1S/C42H56O17Si/c1-13-51-34(43)24(2)52-35(44)25(3)53-36(45)26(4)54-37(46)27(5)55-38(47)28(6)56-39(48)29(7)57-40(49)30(8)58-41(50)31(9)59-60(42(10,11)12,32-20-16-14-17-21-32)33-22-18-15-19-23-33/h14-31H,13H2,1-12H3/t24-,25-,26-,27-,28-,29-,30-,31-/m0/s1. The molecular formula is C42H56O17Si. The SMILES string of the molecule is CCOC(=O)[C@H](C)OC(=O)[C@H](C)OC(=O)[C@H](C)OC(=O)[C@H](C)OC(=O)[C@H](C)OC(=O)[C@H](C)OC(=O)[C@H](C)OC(=O)[C@H](C)O[Si](c1ccccc1)(c1ccccc1)C(C)(C)C. The minimum atomic E-state index is -3.15. The van der Waals surface area contributed by atoms with Gasteiger partial charge in [0.1, 0.15) is 6.10 Å². The molecule has 2 aromatic carbocycles. The number of benzene rings is 2. The Morgan fingerprint density at radius 2 is 0.650 bits per heavy atom. The van der Waals surface area contributed by atoms with Gasteiger partial charge in [-0.05, 0) is 77.7 Å². The molecule has 0 heterocycles. The highest BCUT2D eigenvalue weighted by molar-refractivity contribution is 6.99. The highest BCUT2D eigenvalue weighted by atomic mass is 28.4. The number of carbonyl (C=O) groups is 8. The minimum absolute atomic E-state index is 0.0623. The van der Waals surface area contributed by atoms with Crippen molar-refractivity contribution in [2.24, 2.45) is 0 Å². The Hall–Kier alpha value is -5.62. The van der Waals surface area contributed by atoms with Crippen LogP contribution in [-0.2, 0) is 80.7 Å². The van der Waals surface area contributed by atoms with Crippen LogP contribution >= 0.6 is 0 Å². The van der Waals surface area contributed by atoms with Gasteiger partial charge in [0.2, 0.25) is 0 Å². The van der Waals surface area contributed by atoms with E-state index in [1.807, 2.05) is 81.4 Å². The lowest BCUT2D eigenvalue weighted by molar-refractivity contribution is -0.189. The molecule has 17 nitrogen and oxygen atoms in total. The van der Waals surface area contributed by atoms with Crippen molar-refractivity contribution in [1.29, 1.82) is 0 Å². The largest absolute Gasteiger partial charge is 0.463 e. The summed E-state index contributed by atoms with van der Waals surface area (Å²) >= 11 is 0. The van der Waals surface area contributed by atoms with Crippen LogP contribution in [-0.4, -0.2) is 112 Å². The zero-order valence-electron chi connectivity index (χ0n) is 36.0. The van der Waals surface area contributed by atoms with E-state index in [1.165, 1.54) is 34.6 Å². The van der Waals surface area contributed by atoms with Crippen molar-refractivity contribution >= 4 is 66.4 Å². The smallest absolute Gasteiger partial charge is 0.347 e. The molecule has 0 spiro atoms. The van der Waals surface area contributed by atoms with Crippen LogP contribution < -0.4 is 10.4 Å².